The number of rotatable bonds is 7. The molecule has 0 saturated carbocycles. The van der Waals surface area contributed by atoms with Crippen LogP contribution in [0.25, 0.3) is 22.2 Å². The molecule has 1 atom stereocenters. The third-order valence-electron chi connectivity index (χ3n) is 5.74. The van der Waals surface area contributed by atoms with Crippen molar-refractivity contribution < 1.29 is 14.3 Å². The number of amides is 2. The maximum Gasteiger partial charge on any atom is 0.413 e. The van der Waals surface area contributed by atoms with Gasteiger partial charge in [-0.3, -0.25) is 4.79 Å². The van der Waals surface area contributed by atoms with E-state index in [1.807, 2.05) is 73.8 Å². The largest absolute Gasteiger partial charge is 0.413 e. The van der Waals surface area contributed by atoms with Crippen LogP contribution in [0.5, 0.6) is 5.75 Å². The van der Waals surface area contributed by atoms with Crippen molar-refractivity contribution in [2.24, 2.45) is 0 Å². The van der Waals surface area contributed by atoms with E-state index in [2.05, 4.69) is 20.6 Å². The van der Waals surface area contributed by atoms with Gasteiger partial charge >= 0.3 is 6.09 Å². The van der Waals surface area contributed by atoms with E-state index in [-0.39, 0.29) is 12.3 Å². The summed E-state index contributed by atoms with van der Waals surface area (Å²) in [5, 5.41) is 7.08. The van der Waals surface area contributed by atoms with Gasteiger partial charge in [0.2, 0.25) is 5.91 Å². The van der Waals surface area contributed by atoms with Crippen molar-refractivity contribution in [2.45, 2.75) is 19.4 Å². The standard InChI is InChI=1S/C28H24N4O3S/c1-18-25(19-10-4-2-5-11-19)31-27(36-18)32-26(33)24(30-28(34)35-21-12-6-3-7-13-21)16-20-17-29-23-15-9-8-14-22(20)23/h2-15,17,24,29H,16H2,1H3,(H,30,34)(H,31,32,33)/t24-/m1/s1. The highest BCUT2D eigenvalue weighted by Crippen LogP contribution is 2.30. The molecule has 2 heterocycles. The summed E-state index contributed by atoms with van der Waals surface area (Å²) in [6, 6.07) is 25.5. The first kappa shape index (κ1) is 23.3. The van der Waals surface area contributed by atoms with Gasteiger partial charge in [0.1, 0.15) is 11.8 Å². The molecule has 0 spiro atoms. The maximum absolute atomic E-state index is 13.4. The number of anilines is 1. The highest BCUT2D eigenvalue weighted by atomic mass is 32.1. The molecule has 3 aromatic carbocycles. The van der Waals surface area contributed by atoms with Crippen molar-refractivity contribution in [1.29, 1.82) is 0 Å². The molecule has 0 aliphatic rings. The Morgan fingerprint density at radius 3 is 2.44 bits per heavy atom. The number of ether oxygens (including phenoxy) is 1. The first-order valence-corrected chi connectivity index (χ1v) is 12.3. The van der Waals surface area contributed by atoms with E-state index in [1.165, 1.54) is 11.3 Å². The minimum Gasteiger partial charge on any atom is -0.410 e. The topological polar surface area (TPSA) is 96.1 Å². The molecule has 8 heteroatoms. The molecule has 0 unspecified atom stereocenters. The lowest BCUT2D eigenvalue weighted by Crippen LogP contribution is -2.46. The van der Waals surface area contributed by atoms with E-state index in [4.69, 9.17) is 4.74 Å². The number of hydrogen-bond acceptors (Lipinski definition) is 5. The molecule has 36 heavy (non-hydrogen) atoms. The Morgan fingerprint density at radius 2 is 1.67 bits per heavy atom. The Balaban J connectivity index is 1.37. The van der Waals surface area contributed by atoms with Gasteiger partial charge in [-0.15, -0.1) is 11.3 Å². The summed E-state index contributed by atoms with van der Waals surface area (Å²) in [5.41, 5.74) is 3.67. The van der Waals surface area contributed by atoms with E-state index < -0.39 is 12.1 Å². The fraction of sp³-hybridized carbons (Fsp3) is 0.107. The summed E-state index contributed by atoms with van der Waals surface area (Å²) >= 11 is 1.39. The van der Waals surface area contributed by atoms with Crippen LogP contribution in [0, 0.1) is 6.92 Å². The second kappa shape index (κ2) is 10.5. The molecule has 3 N–H and O–H groups in total. The summed E-state index contributed by atoms with van der Waals surface area (Å²) < 4.78 is 5.38. The highest BCUT2D eigenvalue weighted by Gasteiger charge is 2.25. The molecule has 2 aromatic heterocycles. The molecule has 0 bridgehead atoms. The second-order valence-corrected chi connectivity index (χ2v) is 9.45. The number of carbonyl (C=O) groups is 2. The van der Waals surface area contributed by atoms with Gasteiger partial charge in [-0.2, -0.15) is 0 Å². The van der Waals surface area contributed by atoms with Crippen LogP contribution in [-0.2, 0) is 11.2 Å². The molecular weight excluding hydrogens is 472 g/mol. The molecule has 180 valence electrons. The van der Waals surface area contributed by atoms with Gasteiger partial charge in [0.05, 0.1) is 5.69 Å². The van der Waals surface area contributed by atoms with Gasteiger partial charge < -0.3 is 20.4 Å². The number of nitrogens with one attached hydrogen (secondary N) is 3. The predicted molar refractivity (Wildman–Crippen MR) is 142 cm³/mol. The number of H-pyrrole nitrogens is 1. The molecule has 0 fully saturated rings. The van der Waals surface area contributed by atoms with Crippen LogP contribution >= 0.6 is 11.3 Å². The van der Waals surface area contributed by atoms with Crippen molar-refractivity contribution in [1.82, 2.24) is 15.3 Å². The highest BCUT2D eigenvalue weighted by molar-refractivity contribution is 7.16. The van der Waals surface area contributed by atoms with Crippen molar-refractivity contribution in [3.05, 3.63) is 102 Å². The number of nitrogens with zero attached hydrogens (tertiary/aromatic N) is 1. The molecule has 0 aliphatic carbocycles. The van der Waals surface area contributed by atoms with E-state index in [0.717, 1.165) is 32.6 Å². The minimum absolute atomic E-state index is 0.273. The van der Waals surface area contributed by atoms with Crippen molar-refractivity contribution >= 4 is 39.4 Å². The quantitative estimate of drug-likeness (QED) is 0.260. The van der Waals surface area contributed by atoms with Gasteiger partial charge in [-0.1, -0.05) is 66.7 Å². The fourth-order valence-electron chi connectivity index (χ4n) is 4.00. The number of thiazole rings is 1. The lowest BCUT2D eigenvalue weighted by Gasteiger charge is -2.17. The van der Waals surface area contributed by atoms with Crippen molar-refractivity contribution in [3.63, 3.8) is 0 Å². The summed E-state index contributed by atoms with van der Waals surface area (Å²) in [6.45, 7) is 1.97. The first-order chi connectivity index (χ1) is 17.6. The van der Waals surface area contributed by atoms with Crippen LogP contribution in [0.15, 0.2) is 91.1 Å². The zero-order valence-electron chi connectivity index (χ0n) is 19.5. The van der Waals surface area contributed by atoms with Gasteiger partial charge in [0, 0.05) is 34.0 Å². The molecule has 0 aliphatic heterocycles. The first-order valence-electron chi connectivity index (χ1n) is 11.5. The SMILES string of the molecule is Cc1sc(NC(=O)[C@@H](Cc2c[nH]c3ccccc23)NC(=O)Oc2ccccc2)nc1-c1ccccc1. The smallest absolute Gasteiger partial charge is 0.410 e. The molecule has 2 amide bonds. The Labute approximate surface area is 212 Å². The van der Waals surface area contributed by atoms with Crippen LogP contribution in [0.3, 0.4) is 0 Å². The zero-order chi connectivity index (χ0) is 24.9. The van der Waals surface area contributed by atoms with Crippen molar-refractivity contribution in [3.8, 4) is 17.0 Å². The number of carbonyl (C=O) groups excluding carboxylic acids is 2. The lowest BCUT2D eigenvalue weighted by molar-refractivity contribution is -0.118. The number of hydrogen-bond donors (Lipinski definition) is 3. The zero-order valence-corrected chi connectivity index (χ0v) is 20.3. The third-order valence-corrected chi connectivity index (χ3v) is 6.62. The van der Waals surface area contributed by atoms with Gasteiger partial charge in [-0.25, -0.2) is 9.78 Å². The van der Waals surface area contributed by atoms with Crippen LogP contribution in [-0.4, -0.2) is 28.0 Å². The van der Waals surface area contributed by atoms with Crippen molar-refractivity contribution in [2.75, 3.05) is 5.32 Å². The number of aromatic nitrogens is 2. The molecule has 5 rings (SSSR count). The average molecular weight is 497 g/mol. The number of para-hydroxylation sites is 2. The van der Waals surface area contributed by atoms with Crippen LogP contribution in [0.1, 0.15) is 10.4 Å². The Kier molecular flexibility index (Phi) is 6.77. The fourth-order valence-corrected chi connectivity index (χ4v) is 4.84. The Hall–Kier alpha value is -4.43. The predicted octanol–water partition coefficient (Wildman–Crippen LogP) is 5.94. The van der Waals surface area contributed by atoms with E-state index >= 15 is 0 Å². The van der Waals surface area contributed by atoms with E-state index in [1.54, 1.807) is 24.3 Å². The summed E-state index contributed by atoms with van der Waals surface area (Å²) in [5.74, 6) is 0.0166. The maximum atomic E-state index is 13.4. The lowest BCUT2D eigenvalue weighted by atomic mass is 10.0. The second-order valence-electron chi connectivity index (χ2n) is 8.24. The van der Waals surface area contributed by atoms with Crippen LogP contribution in [0.4, 0.5) is 9.93 Å². The Morgan fingerprint density at radius 1 is 0.972 bits per heavy atom. The van der Waals surface area contributed by atoms with Gasteiger partial charge in [-0.05, 0) is 30.7 Å². The number of aromatic amines is 1. The summed E-state index contributed by atoms with van der Waals surface area (Å²) in [6.07, 6.45) is 1.42. The van der Waals surface area contributed by atoms with Gasteiger partial charge in [0.25, 0.3) is 0 Å². The average Bonchev–Trinajstić information content (AvgIpc) is 3.47. The van der Waals surface area contributed by atoms with Gasteiger partial charge in [0.15, 0.2) is 5.13 Å². The number of benzene rings is 3. The molecule has 5 aromatic rings. The molecule has 0 radical (unpaired) electrons. The number of fused-ring (bicyclic) bond motifs is 1. The molecule has 7 nitrogen and oxygen atoms in total. The van der Waals surface area contributed by atoms with E-state index in [9.17, 15) is 9.59 Å². The van der Waals surface area contributed by atoms with Crippen LogP contribution in [0.2, 0.25) is 0 Å². The molecule has 0 saturated heterocycles. The summed E-state index contributed by atoms with van der Waals surface area (Å²) in [4.78, 5) is 34.9. The third kappa shape index (κ3) is 5.29. The minimum atomic E-state index is -0.884. The monoisotopic (exact) mass is 496 g/mol. The molecular formula is C28H24N4O3S. The Bertz CT molecular complexity index is 1500. The van der Waals surface area contributed by atoms with E-state index in [0.29, 0.717) is 10.9 Å². The number of aryl methyl sites for hydroxylation is 1. The summed E-state index contributed by atoms with van der Waals surface area (Å²) in [7, 11) is 0. The van der Waals surface area contributed by atoms with Crippen LogP contribution < -0.4 is 15.4 Å². The normalized spacial score (nSPS) is 11.7.